The number of carbonyl (C=O) groups is 2. The lowest BCUT2D eigenvalue weighted by atomic mass is 10.1. The Bertz CT molecular complexity index is 1620. The first-order valence-corrected chi connectivity index (χ1v) is 15.0. The summed E-state index contributed by atoms with van der Waals surface area (Å²) in [5.41, 5.74) is 3.03. The zero-order valence-corrected chi connectivity index (χ0v) is 25.0. The quantitative estimate of drug-likeness (QED) is 0.252. The Labute approximate surface area is 247 Å². The van der Waals surface area contributed by atoms with Crippen molar-refractivity contribution in [2.75, 3.05) is 17.9 Å². The van der Waals surface area contributed by atoms with Gasteiger partial charge in [0, 0.05) is 13.6 Å². The van der Waals surface area contributed by atoms with Crippen molar-refractivity contribution in [1.82, 2.24) is 10.2 Å². The number of carbonyl (C=O) groups excluding carboxylic acids is 2. The number of nitrogens with one attached hydrogen (secondary N) is 1. The molecule has 0 aliphatic rings. The predicted molar refractivity (Wildman–Crippen MR) is 164 cm³/mol. The number of amides is 2. The van der Waals surface area contributed by atoms with Gasteiger partial charge < -0.3 is 15.0 Å². The van der Waals surface area contributed by atoms with Crippen LogP contribution in [-0.4, -0.2) is 44.8 Å². The fourth-order valence-corrected chi connectivity index (χ4v) is 5.88. The molecular formula is C33H35N3O5S. The molecule has 8 nitrogen and oxygen atoms in total. The first-order chi connectivity index (χ1) is 20.1. The van der Waals surface area contributed by atoms with Gasteiger partial charge in [0.15, 0.2) is 0 Å². The lowest BCUT2D eigenvalue weighted by molar-refractivity contribution is -0.139. The van der Waals surface area contributed by atoms with Crippen LogP contribution in [-0.2, 0) is 26.2 Å². The summed E-state index contributed by atoms with van der Waals surface area (Å²) in [4.78, 5) is 28.0. The molecule has 1 atom stereocenters. The van der Waals surface area contributed by atoms with Gasteiger partial charge in [-0.05, 0) is 74.9 Å². The van der Waals surface area contributed by atoms with Gasteiger partial charge in [-0.2, -0.15) is 0 Å². The van der Waals surface area contributed by atoms with E-state index >= 15 is 0 Å². The van der Waals surface area contributed by atoms with Gasteiger partial charge in [-0.15, -0.1) is 0 Å². The van der Waals surface area contributed by atoms with Crippen LogP contribution in [0.25, 0.3) is 0 Å². The first-order valence-electron chi connectivity index (χ1n) is 13.6. The summed E-state index contributed by atoms with van der Waals surface area (Å²) in [6.07, 6.45) is 0. The van der Waals surface area contributed by atoms with E-state index in [1.807, 2.05) is 68.4 Å². The normalized spacial score (nSPS) is 11.8. The van der Waals surface area contributed by atoms with Crippen LogP contribution < -0.4 is 14.4 Å². The Morgan fingerprint density at radius 3 is 2.07 bits per heavy atom. The van der Waals surface area contributed by atoms with Crippen LogP contribution in [0, 0.1) is 13.8 Å². The monoisotopic (exact) mass is 585 g/mol. The van der Waals surface area contributed by atoms with E-state index in [1.165, 1.54) is 24.1 Å². The number of benzene rings is 4. The average molecular weight is 586 g/mol. The molecule has 4 rings (SSSR count). The molecule has 0 saturated carbocycles. The summed E-state index contributed by atoms with van der Waals surface area (Å²) in [5.74, 6) is 0.275. The Morgan fingerprint density at radius 1 is 0.810 bits per heavy atom. The summed E-state index contributed by atoms with van der Waals surface area (Å²) in [7, 11) is -2.66. The van der Waals surface area contributed by atoms with E-state index in [-0.39, 0.29) is 23.0 Å². The van der Waals surface area contributed by atoms with Crippen LogP contribution in [0.4, 0.5) is 5.69 Å². The Morgan fingerprint density at radius 2 is 1.45 bits per heavy atom. The minimum absolute atomic E-state index is 0.0510. The van der Waals surface area contributed by atoms with Crippen molar-refractivity contribution < 1.29 is 22.7 Å². The molecule has 4 aromatic rings. The molecule has 0 unspecified atom stereocenters. The van der Waals surface area contributed by atoms with E-state index in [0.29, 0.717) is 11.5 Å². The number of para-hydroxylation sites is 1. The number of likely N-dealkylation sites (N-methyl/N-ethyl adjacent to an activating group) is 1. The van der Waals surface area contributed by atoms with E-state index in [1.54, 1.807) is 43.3 Å². The fourth-order valence-electron chi connectivity index (χ4n) is 4.47. The van der Waals surface area contributed by atoms with Crippen LogP contribution in [0.5, 0.6) is 11.5 Å². The van der Waals surface area contributed by atoms with E-state index in [9.17, 15) is 18.0 Å². The molecule has 0 heterocycles. The minimum Gasteiger partial charge on any atom is -0.457 e. The smallest absolute Gasteiger partial charge is 0.264 e. The standard InChI is InChI=1S/C33H35N3O5S/c1-24-13-19-31(20-14-24)42(39,40)36(28-15-17-30(18-16-28)41-29-11-6-5-7-12-29)23-32(37)35(26(3)33(38)34-4)22-27-10-8-9-25(2)21-27/h5-21,26H,22-23H2,1-4H3,(H,34,38)/t26-/m0/s1. The highest BCUT2D eigenvalue weighted by Gasteiger charge is 2.32. The second-order valence-electron chi connectivity index (χ2n) is 10.0. The number of nitrogens with zero attached hydrogens (tertiary/aromatic N) is 2. The van der Waals surface area contributed by atoms with Crippen molar-refractivity contribution in [3.05, 3.63) is 120 Å². The zero-order valence-electron chi connectivity index (χ0n) is 24.2. The molecule has 0 saturated heterocycles. The van der Waals surface area contributed by atoms with E-state index in [0.717, 1.165) is 21.0 Å². The molecule has 0 aromatic heterocycles. The summed E-state index contributed by atoms with van der Waals surface area (Å²) in [5, 5.41) is 2.59. The molecule has 9 heteroatoms. The number of hydrogen-bond donors (Lipinski definition) is 1. The number of sulfonamides is 1. The Kier molecular flexibility index (Phi) is 9.64. The van der Waals surface area contributed by atoms with Crippen LogP contribution in [0.1, 0.15) is 23.6 Å². The van der Waals surface area contributed by atoms with Gasteiger partial charge in [-0.25, -0.2) is 8.42 Å². The van der Waals surface area contributed by atoms with Crippen molar-refractivity contribution >= 4 is 27.5 Å². The van der Waals surface area contributed by atoms with Gasteiger partial charge in [0.2, 0.25) is 11.8 Å². The molecule has 4 aromatic carbocycles. The minimum atomic E-state index is -4.16. The number of anilines is 1. The highest BCUT2D eigenvalue weighted by molar-refractivity contribution is 7.92. The highest BCUT2D eigenvalue weighted by atomic mass is 32.2. The topological polar surface area (TPSA) is 96.0 Å². The molecule has 1 N–H and O–H groups in total. The molecule has 2 amide bonds. The average Bonchev–Trinajstić information content (AvgIpc) is 2.99. The fraction of sp³-hybridized carbons (Fsp3) is 0.212. The molecule has 0 aliphatic heterocycles. The van der Waals surface area contributed by atoms with Crippen molar-refractivity contribution in [1.29, 1.82) is 0 Å². The van der Waals surface area contributed by atoms with Crippen LogP contribution in [0.3, 0.4) is 0 Å². The summed E-state index contributed by atoms with van der Waals surface area (Å²) in [6.45, 7) is 5.06. The molecule has 42 heavy (non-hydrogen) atoms. The Hall–Kier alpha value is -4.63. The number of ether oxygens (including phenoxy) is 1. The number of rotatable bonds is 11. The van der Waals surface area contributed by atoms with Gasteiger partial charge in [-0.3, -0.25) is 13.9 Å². The van der Waals surface area contributed by atoms with Gasteiger partial charge in [-0.1, -0.05) is 65.7 Å². The van der Waals surface area contributed by atoms with Crippen LogP contribution in [0.15, 0.2) is 108 Å². The van der Waals surface area contributed by atoms with E-state index in [4.69, 9.17) is 4.74 Å². The van der Waals surface area contributed by atoms with Crippen LogP contribution >= 0.6 is 0 Å². The van der Waals surface area contributed by atoms with Crippen molar-refractivity contribution in [2.24, 2.45) is 0 Å². The number of hydrogen-bond acceptors (Lipinski definition) is 5. The lowest BCUT2D eigenvalue weighted by Gasteiger charge is -2.32. The maximum atomic E-state index is 14.0. The largest absolute Gasteiger partial charge is 0.457 e. The third kappa shape index (κ3) is 7.36. The maximum absolute atomic E-state index is 14.0. The number of aryl methyl sites for hydroxylation is 2. The molecule has 0 aliphatic carbocycles. The molecule has 0 bridgehead atoms. The third-order valence-corrected chi connectivity index (χ3v) is 8.63. The van der Waals surface area contributed by atoms with Crippen molar-refractivity contribution in [2.45, 2.75) is 38.3 Å². The predicted octanol–water partition coefficient (Wildman–Crippen LogP) is 5.45. The maximum Gasteiger partial charge on any atom is 0.264 e. The van der Waals surface area contributed by atoms with Gasteiger partial charge in [0.25, 0.3) is 10.0 Å². The molecule has 0 radical (unpaired) electrons. The van der Waals surface area contributed by atoms with Crippen molar-refractivity contribution in [3.63, 3.8) is 0 Å². The third-order valence-electron chi connectivity index (χ3n) is 6.84. The molecule has 0 fully saturated rings. The highest BCUT2D eigenvalue weighted by Crippen LogP contribution is 2.28. The second-order valence-corrected chi connectivity index (χ2v) is 11.9. The van der Waals surface area contributed by atoms with Gasteiger partial charge >= 0.3 is 0 Å². The molecular weight excluding hydrogens is 550 g/mol. The van der Waals surface area contributed by atoms with Crippen molar-refractivity contribution in [3.8, 4) is 11.5 Å². The van der Waals surface area contributed by atoms with E-state index < -0.39 is 28.5 Å². The van der Waals surface area contributed by atoms with E-state index in [2.05, 4.69) is 5.32 Å². The van der Waals surface area contributed by atoms with Gasteiger partial charge in [0.1, 0.15) is 24.1 Å². The molecule has 0 spiro atoms. The summed E-state index contributed by atoms with van der Waals surface area (Å²) in [6, 6.07) is 29.0. The first kappa shape index (κ1) is 30.3. The second kappa shape index (κ2) is 13.4. The zero-order chi connectivity index (χ0) is 30.3. The SMILES string of the molecule is CNC(=O)[C@H](C)N(Cc1cccc(C)c1)C(=O)CN(c1ccc(Oc2ccccc2)cc1)S(=O)(=O)c1ccc(C)cc1. The summed E-state index contributed by atoms with van der Waals surface area (Å²) >= 11 is 0. The van der Waals surface area contributed by atoms with Crippen LogP contribution in [0.2, 0.25) is 0 Å². The van der Waals surface area contributed by atoms with Gasteiger partial charge in [0.05, 0.1) is 10.6 Å². The summed E-state index contributed by atoms with van der Waals surface area (Å²) < 4.78 is 34.9. The molecule has 218 valence electrons. The Balaban J connectivity index is 1.70. The lowest BCUT2D eigenvalue weighted by Crippen LogP contribution is -2.50.